The first kappa shape index (κ1) is 16.5. The van der Waals surface area contributed by atoms with Crippen LogP contribution in [0.1, 0.15) is 24.1 Å². The van der Waals surface area contributed by atoms with Crippen LogP contribution in [0.4, 0.5) is 4.39 Å². The average Bonchev–Trinajstić information content (AvgIpc) is 2.48. The fourth-order valence-electron chi connectivity index (χ4n) is 2.17. The van der Waals surface area contributed by atoms with Gasteiger partial charge in [0.05, 0.1) is 18.2 Å². The summed E-state index contributed by atoms with van der Waals surface area (Å²) in [5, 5.41) is 3.97. The Labute approximate surface area is 142 Å². The van der Waals surface area contributed by atoms with Gasteiger partial charge in [0.1, 0.15) is 11.6 Å². The van der Waals surface area contributed by atoms with Crippen molar-refractivity contribution in [2.45, 2.75) is 13.0 Å². The van der Waals surface area contributed by atoms with Crippen LogP contribution in [0.2, 0.25) is 5.02 Å². The fourth-order valence-corrected chi connectivity index (χ4v) is 2.70. The number of halogens is 3. The second kappa shape index (κ2) is 7.42. The Hall–Kier alpha value is -0.850. The summed E-state index contributed by atoms with van der Waals surface area (Å²) < 4.78 is 20.3. The third-order valence-electron chi connectivity index (χ3n) is 3.20. The third-order valence-corrected chi connectivity index (χ3v) is 4.78. The number of ether oxygens (including phenoxy) is 1. The van der Waals surface area contributed by atoms with Crippen LogP contribution in [-0.2, 0) is 0 Å². The number of rotatable bonds is 5. The van der Waals surface area contributed by atoms with Gasteiger partial charge in [-0.05, 0) is 52.9 Å². The normalized spacial score (nSPS) is 12.2. The molecule has 1 N–H and O–H groups in total. The largest absolute Gasteiger partial charge is 0.497 e. The zero-order chi connectivity index (χ0) is 15.4. The maximum absolute atomic E-state index is 14.3. The van der Waals surface area contributed by atoms with E-state index in [-0.39, 0.29) is 11.9 Å². The van der Waals surface area contributed by atoms with Crippen LogP contribution in [0.15, 0.2) is 36.4 Å². The van der Waals surface area contributed by atoms with Crippen molar-refractivity contribution in [3.05, 3.63) is 61.9 Å². The van der Waals surface area contributed by atoms with Crippen LogP contribution >= 0.6 is 34.2 Å². The average molecular weight is 420 g/mol. The number of benzene rings is 2. The summed E-state index contributed by atoms with van der Waals surface area (Å²) in [5.74, 6) is 0.210. The molecule has 112 valence electrons. The molecule has 2 rings (SSSR count). The smallest absolute Gasteiger partial charge is 0.132 e. The van der Waals surface area contributed by atoms with Gasteiger partial charge in [-0.25, -0.2) is 4.39 Å². The van der Waals surface area contributed by atoms with E-state index in [9.17, 15) is 4.39 Å². The topological polar surface area (TPSA) is 21.3 Å². The molecular formula is C16H16ClFINO. The Bertz CT molecular complexity index is 636. The number of hydrogen-bond donors (Lipinski definition) is 1. The monoisotopic (exact) mass is 419 g/mol. The predicted molar refractivity (Wildman–Crippen MR) is 92.6 cm³/mol. The van der Waals surface area contributed by atoms with E-state index in [1.165, 1.54) is 13.2 Å². The molecule has 0 aromatic heterocycles. The summed E-state index contributed by atoms with van der Waals surface area (Å²) in [5.41, 5.74) is 1.52. The zero-order valence-corrected chi connectivity index (χ0v) is 14.7. The van der Waals surface area contributed by atoms with Crippen LogP contribution in [0.25, 0.3) is 0 Å². The minimum atomic E-state index is -0.296. The molecular weight excluding hydrogens is 404 g/mol. The standard InChI is InChI=1S/C16H16ClFINO/c1-3-20-16(10-4-7-15(19)13(17)8-10)12-6-5-11(21-2)9-14(12)18/h4-9,16,20H,3H2,1-2H3. The first-order chi connectivity index (χ1) is 10.1. The molecule has 1 atom stereocenters. The van der Waals surface area contributed by atoms with Crippen LogP contribution in [-0.4, -0.2) is 13.7 Å². The number of nitrogens with one attached hydrogen (secondary N) is 1. The molecule has 0 heterocycles. The fraction of sp³-hybridized carbons (Fsp3) is 0.250. The SMILES string of the molecule is CCNC(c1ccc(I)c(Cl)c1)c1ccc(OC)cc1F. The lowest BCUT2D eigenvalue weighted by atomic mass is 9.98. The molecule has 0 saturated heterocycles. The maximum Gasteiger partial charge on any atom is 0.132 e. The van der Waals surface area contributed by atoms with Crippen molar-refractivity contribution in [3.63, 3.8) is 0 Å². The van der Waals surface area contributed by atoms with Crippen molar-refractivity contribution in [1.29, 1.82) is 0 Å². The van der Waals surface area contributed by atoms with Gasteiger partial charge in [0.15, 0.2) is 0 Å². The second-order valence-electron chi connectivity index (χ2n) is 4.55. The van der Waals surface area contributed by atoms with Crippen LogP contribution in [0.3, 0.4) is 0 Å². The van der Waals surface area contributed by atoms with Gasteiger partial charge in [0, 0.05) is 15.2 Å². The van der Waals surface area contributed by atoms with Gasteiger partial charge in [0.25, 0.3) is 0 Å². The molecule has 0 bridgehead atoms. The Morgan fingerprint density at radius 3 is 2.62 bits per heavy atom. The van der Waals surface area contributed by atoms with Gasteiger partial charge in [-0.3, -0.25) is 0 Å². The van der Waals surface area contributed by atoms with E-state index in [1.807, 2.05) is 25.1 Å². The van der Waals surface area contributed by atoms with Gasteiger partial charge in [-0.1, -0.05) is 30.7 Å². The highest BCUT2D eigenvalue weighted by molar-refractivity contribution is 14.1. The molecule has 0 spiro atoms. The van der Waals surface area contributed by atoms with Crippen LogP contribution in [0, 0.1) is 9.39 Å². The summed E-state index contributed by atoms with van der Waals surface area (Å²) in [7, 11) is 1.52. The van der Waals surface area contributed by atoms with Gasteiger partial charge < -0.3 is 10.1 Å². The van der Waals surface area contributed by atoms with Gasteiger partial charge in [0.2, 0.25) is 0 Å². The second-order valence-corrected chi connectivity index (χ2v) is 6.12. The van der Waals surface area contributed by atoms with Crippen molar-refractivity contribution in [2.24, 2.45) is 0 Å². The quantitative estimate of drug-likeness (QED) is 0.704. The van der Waals surface area contributed by atoms with Crippen molar-refractivity contribution in [1.82, 2.24) is 5.32 Å². The van der Waals surface area contributed by atoms with E-state index in [0.717, 1.165) is 15.7 Å². The molecule has 0 aliphatic heterocycles. The van der Waals surface area contributed by atoms with Crippen molar-refractivity contribution >= 4 is 34.2 Å². The summed E-state index contributed by atoms with van der Waals surface area (Å²) in [4.78, 5) is 0. The first-order valence-electron chi connectivity index (χ1n) is 6.58. The molecule has 0 saturated carbocycles. The molecule has 0 amide bonds. The Morgan fingerprint density at radius 1 is 1.29 bits per heavy atom. The highest BCUT2D eigenvalue weighted by Crippen LogP contribution is 2.30. The highest BCUT2D eigenvalue weighted by atomic mass is 127. The molecule has 0 fully saturated rings. The molecule has 2 nitrogen and oxygen atoms in total. The van der Waals surface area contributed by atoms with E-state index in [4.69, 9.17) is 16.3 Å². The molecule has 2 aromatic carbocycles. The lowest BCUT2D eigenvalue weighted by Crippen LogP contribution is -2.23. The molecule has 1 unspecified atom stereocenters. The molecule has 2 aromatic rings. The van der Waals surface area contributed by atoms with E-state index < -0.39 is 0 Å². The van der Waals surface area contributed by atoms with Crippen LogP contribution in [0.5, 0.6) is 5.75 Å². The van der Waals surface area contributed by atoms with Crippen molar-refractivity contribution < 1.29 is 9.13 Å². The summed E-state index contributed by atoms with van der Waals surface area (Å²) in [6, 6.07) is 10.4. The molecule has 5 heteroatoms. The molecule has 0 aliphatic rings. The summed E-state index contributed by atoms with van der Waals surface area (Å²) in [6.07, 6.45) is 0. The number of methoxy groups -OCH3 is 1. The first-order valence-corrected chi connectivity index (χ1v) is 8.04. The Kier molecular flexibility index (Phi) is 5.84. The Balaban J connectivity index is 2.45. The summed E-state index contributed by atoms with van der Waals surface area (Å²) >= 11 is 8.36. The van der Waals surface area contributed by atoms with E-state index in [1.54, 1.807) is 12.1 Å². The minimum absolute atomic E-state index is 0.240. The molecule has 0 radical (unpaired) electrons. The van der Waals surface area contributed by atoms with E-state index in [0.29, 0.717) is 16.3 Å². The number of hydrogen-bond acceptors (Lipinski definition) is 2. The summed E-state index contributed by atoms with van der Waals surface area (Å²) in [6.45, 7) is 2.71. The van der Waals surface area contributed by atoms with Gasteiger partial charge >= 0.3 is 0 Å². The lowest BCUT2D eigenvalue weighted by molar-refractivity contribution is 0.410. The molecule has 0 aliphatic carbocycles. The predicted octanol–water partition coefficient (Wildman–Crippen LogP) is 4.79. The van der Waals surface area contributed by atoms with E-state index in [2.05, 4.69) is 27.9 Å². The lowest BCUT2D eigenvalue weighted by Gasteiger charge is -2.20. The molecule has 21 heavy (non-hydrogen) atoms. The third kappa shape index (κ3) is 3.87. The van der Waals surface area contributed by atoms with Gasteiger partial charge in [-0.15, -0.1) is 0 Å². The highest BCUT2D eigenvalue weighted by Gasteiger charge is 2.18. The van der Waals surface area contributed by atoms with Crippen molar-refractivity contribution in [3.8, 4) is 5.75 Å². The van der Waals surface area contributed by atoms with Gasteiger partial charge in [-0.2, -0.15) is 0 Å². The van der Waals surface area contributed by atoms with Crippen molar-refractivity contribution in [2.75, 3.05) is 13.7 Å². The van der Waals surface area contributed by atoms with Crippen LogP contribution < -0.4 is 10.1 Å². The minimum Gasteiger partial charge on any atom is -0.497 e. The zero-order valence-electron chi connectivity index (χ0n) is 11.8. The Morgan fingerprint density at radius 2 is 2.05 bits per heavy atom. The van der Waals surface area contributed by atoms with E-state index >= 15 is 0 Å². The maximum atomic E-state index is 14.3.